The molecule has 0 aliphatic rings. The second-order valence-corrected chi connectivity index (χ2v) is 8.16. The summed E-state index contributed by atoms with van der Waals surface area (Å²) in [5.41, 5.74) is 0.0121. The third-order valence-electron chi connectivity index (χ3n) is 2.06. The molecule has 0 aliphatic carbocycles. The quantitative estimate of drug-likeness (QED) is 0.699. The number of hydrogen-bond donors (Lipinski definition) is 0. The molecule has 0 aromatic carbocycles. The number of ether oxygens (including phenoxy) is 2. The molecule has 0 atom stereocenters. The summed E-state index contributed by atoms with van der Waals surface area (Å²) in [6.07, 6.45) is 0. The van der Waals surface area contributed by atoms with E-state index in [2.05, 4.69) is 67.2 Å². The first-order chi connectivity index (χ1) is 7.79. The second-order valence-electron chi connectivity index (χ2n) is 8.16. The highest BCUT2D eigenvalue weighted by Gasteiger charge is 2.21. The minimum absolute atomic E-state index is 0.113. The van der Waals surface area contributed by atoms with E-state index in [1.165, 1.54) is 0 Å². The summed E-state index contributed by atoms with van der Waals surface area (Å²) in [6.45, 7) is 21.3. The van der Waals surface area contributed by atoms with Crippen LogP contribution in [0.2, 0.25) is 0 Å². The van der Waals surface area contributed by atoms with Crippen LogP contribution >= 0.6 is 0 Å². The maximum Gasteiger partial charge on any atom is 0.101 e. The predicted molar refractivity (Wildman–Crippen MR) is 77.6 cm³/mol. The molecular weight excluding hydrogens is 226 g/mol. The molecule has 0 saturated heterocycles. The van der Waals surface area contributed by atoms with Crippen molar-refractivity contribution >= 4 is 0 Å². The topological polar surface area (TPSA) is 21.7 Å². The Bertz CT molecular complexity index is 212. The highest BCUT2D eigenvalue weighted by molar-refractivity contribution is 4.68. The Morgan fingerprint density at radius 2 is 1.00 bits per heavy atom. The van der Waals surface area contributed by atoms with E-state index in [0.717, 1.165) is 6.54 Å². The SMILES string of the molecule is CC(C)(C)CN(COC(C)(C)C)COC(C)(C)C. The average Bonchev–Trinajstić information content (AvgIpc) is 2.05. The number of rotatable bonds is 5. The summed E-state index contributed by atoms with van der Waals surface area (Å²) in [4.78, 5) is 2.22. The molecule has 0 aliphatic heterocycles. The van der Waals surface area contributed by atoms with Crippen LogP contribution in [0.15, 0.2) is 0 Å². The lowest BCUT2D eigenvalue weighted by Gasteiger charge is -2.34. The van der Waals surface area contributed by atoms with Crippen molar-refractivity contribution in [3.63, 3.8) is 0 Å². The molecule has 0 aromatic heterocycles. The number of hydrogen-bond acceptors (Lipinski definition) is 3. The molecule has 0 N–H and O–H groups in total. The third kappa shape index (κ3) is 12.3. The van der Waals surface area contributed by atoms with Crippen LogP contribution in [0.5, 0.6) is 0 Å². The molecule has 0 heterocycles. The Kier molecular flexibility index (Phi) is 6.31. The fourth-order valence-corrected chi connectivity index (χ4v) is 1.37. The molecule has 0 rings (SSSR count). The van der Waals surface area contributed by atoms with Gasteiger partial charge < -0.3 is 9.47 Å². The van der Waals surface area contributed by atoms with Crippen molar-refractivity contribution in [1.29, 1.82) is 0 Å². The van der Waals surface area contributed by atoms with Gasteiger partial charge in [0.15, 0.2) is 0 Å². The van der Waals surface area contributed by atoms with E-state index in [0.29, 0.717) is 13.5 Å². The van der Waals surface area contributed by atoms with Gasteiger partial charge in [0.25, 0.3) is 0 Å². The molecule has 0 aromatic rings. The molecule has 0 amide bonds. The molecule has 0 radical (unpaired) electrons. The van der Waals surface area contributed by atoms with E-state index in [1.807, 2.05) is 0 Å². The van der Waals surface area contributed by atoms with Crippen LogP contribution in [0.1, 0.15) is 62.3 Å². The van der Waals surface area contributed by atoms with Gasteiger partial charge in [-0.15, -0.1) is 0 Å². The third-order valence-corrected chi connectivity index (χ3v) is 2.06. The van der Waals surface area contributed by atoms with Gasteiger partial charge in [0, 0.05) is 6.54 Å². The fourth-order valence-electron chi connectivity index (χ4n) is 1.37. The number of nitrogens with zero attached hydrogens (tertiary/aromatic N) is 1. The minimum atomic E-state index is -0.113. The van der Waals surface area contributed by atoms with Gasteiger partial charge in [-0.1, -0.05) is 20.8 Å². The summed E-state index contributed by atoms with van der Waals surface area (Å²) < 4.78 is 11.7. The van der Waals surface area contributed by atoms with Crippen LogP contribution in [0, 0.1) is 5.41 Å². The lowest BCUT2D eigenvalue weighted by atomic mass is 9.96. The van der Waals surface area contributed by atoms with Gasteiger partial charge >= 0.3 is 0 Å². The van der Waals surface area contributed by atoms with Crippen molar-refractivity contribution in [3.8, 4) is 0 Å². The van der Waals surface area contributed by atoms with Crippen molar-refractivity contribution in [1.82, 2.24) is 4.90 Å². The molecule has 3 nitrogen and oxygen atoms in total. The fraction of sp³-hybridized carbons (Fsp3) is 1.00. The molecular formula is C15H33NO2. The molecule has 3 heteroatoms. The van der Waals surface area contributed by atoms with Gasteiger partial charge in [0.05, 0.1) is 11.2 Å². The van der Waals surface area contributed by atoms with Crippen LogP contribution < -0.4 is 0 Å². The summed E-state index contributed by atoms with van der Waals surface area (Å²) in [5, 5.41) is 0. The van der Waals surface area contributed by atoms with Gasteiger partial charge in [-0.05, 0) is 47.0 Å². The Morgan fingerprint density at radius 3 is 1.22 bits per heavy atom. The smallest absolute Gasteiger partial charge is 0.101 e. The summed E-state index contributed by atoms with van der Waals surface area (Å²) in [7, 11) is 0. The van der Waals surface area contributed by atoms with E-state index in [9.17, 15) is 0 Å². The molecule has 0 unspecified atom stereocenters. The molecule has 0 spiro atoms. The maximum absolute atomic E-state index is 5.85. The largest absolute Gasteiger partial charge is 0.360 e. The molecule has 0 bridgehead atoms. The van der Waals surface area contributed by atoms with Crippen molar-refractivity contribution in [2.75, 3.05) is 20.0 Å². The highest BCUT2D eigenvalue weighted by Crippen LogP contribution is 2.18. The van der Waals surface area contributed by atoms with E-state index in [-0.39, 0.29) is 16.6 Å². The van der Waals surface area contributed by atoms with E-state index >= 15 is 0 Å². The Hall–Kier alpha value is -0.120. The van der Waals surface area contributed by atoms with E-state index < -0.39 is 0 Å². The van der Waals surface area contributed by atoms with Gasteiger partial charge in [0.1, 0.15) is 13.5 Å². The highest BCUT2D eigenvalue weighted by atomic mass is 16.5. The summed E-state index contributed by atoms with van der Waals surface area (Å²) >= 11 is 0. The van der Waals surface area contributed by atoms with Crippen molar-refractivity contribution in [2.24, 2.45) is 5.41 Å². The first-order valence-corrected chi connectivity index (χ1v) is 6.79. The van der Waals surface area contributed by atoms with Gasteiger partial charge in [-0.3, -0.25) is 4.90 Å². The second kappa shape index (κ2) is 6.36. The average molecular weight is 259 g/mol. The van der Waals surface area contributed by atoms with Gasteiger partial charge in [0.2, 0.25) is 0 Å². The molecule has 0 saturated carbocycles. The van der Waals surface area contributed by atoms with Crippen LogP contribution in [0.25, 0.3) is 0 Å². The Labute approximate surface area is 114 Å². The zero-order chi connectivity index (χ0) is 14.6. The van der Waals surface area contributed by atoms with E-state index in [1.54, 1.807) is 0 Å². The van der Waals surface area contributed by atoms with Crippen LogP contribution in [0.3, 0.4) is 0 Å². The monoisotopic (exact) mass is 259 g/mol. The lowest BCUT2D eigenvalue weighted by Crippen LogP contribution is -2.40. The van der Waals surface area contributed by atoms with Crippen LogP contribution in [-0.2, 0) is 9.47 Å². The summed E-state index contributed by atoms with van der Waals surface area (Å²) in [6, 6.07) is 0. The Balaban J connectivity index is 4.35. The van der Waals surface area contributed by atoms with Crippen molar-refractivity contribution < 1.29 is 9.47 Å². The van der Waals surface area contributed by atoms with Crippen molar-refractivity contribution in [2.45, 2.75) is 73.5 Å². The summed E-state index contributed by atoms with van der Waals surface area (Å²) in [5.74, 6) is 0. The van der Waals surface area contributed by atoms with Gasteiger partial charge in [-0.25, -0.2) is 0 Å². The normalized spacial score (nSPS) is 14.3. The zero-order valence-electron chi connectivity index (χ0n) is 13.9. The minimum Gasteiger partial charge on any atom is -0.360 e. The zero-order valence-corrected chi connectivity index (χ0v) is 13.9. The van der Waals surface area contributed by atoms with E-state index in [4.69, 9.17) is 9.47 Å². The standard InChI is InChI=1S/C15H33NO2/c1-13(2,3)10-16(11-17-14(4,5)6)12-18-15(7,8)9/h10-12H2,1-9H3. The molecule has 18 heavy (non-hydrogen) atoms. The first-order valence-electron chi connectivity index (χ1n) is 6.79. The molecule has 0 fully saturated rings. The lowest BCUT2D eigenvalue weighted by molar-refractivity contribution is -0.132. The first kappa shape index (κ1) is 17.9. The maximum atomic E-state index is 5.85. The predicted octanol–water partition coefficient (Wildman–Crippen LogP) is 3.88. The van der Waals surface area contributed by atoms with Crippen LogP contribution in [0.4, 0.5) is 0 Å². The molecule has 110 valence electrons. The van der Waals surface area contributed by atoms with Gasteiger partial charge in [-0.2, -0.15) is 0 Å². The van der Waals surface area contributed by atoms with Crippen LogP contribution in [-0.4, -0.2) is 36.1 Å². The Morgan fingerprint density at radius 1 is 0.667 bits per heavy atom. The van der Waals surface area contributed by atoms with Crippen molar-refractivity contribution in [3.05, 3.63) is 0 Å².